The molecule has 43 heavy (non-hydrogen) atoms. The Labute approximate surface area is 249 Å². The van der Waals surface area contributed by atoms with Crippen molar-refractivity contribution in [3.05, 3.63) is 94.9 Å². The van der Waals surface area contributed by atoms with E-state index in [1.54, 1.807) is 24.5 Å². The number of fused-ring (bicyclic) bond motifs is 1. The number of alkyl halides is 2. The van der Waals surface area contributed by atoms with Gasteiger partial charge >= 0.3 is 0 Å². The second-order valence-electron chi connectivity index (χ2n) is 10.9. The van der Waals surface area contributed by atoms with E-state index in [9.17, 15) is 18.0 Å². The molecule has 5 rings (SSSR count). The Morgan fingerprint density at radius 3 is 2.84 bits per heavy atom. The van der Waals surface area contributed by atoms with Crippen molar-refractivity contribution in [1.82, 2.24) is 15.6 Å². The topological polar surface area (TPSA) is 88.0 Å². The summed E-state index contributed by atoms with van der Waals surface area (Å²) in [6.45, 7) is 2.73. The molecule has 7 nitrogen and oxygen atoms in total. The van der Waals surface area contributed by atoms with Gasteiger partial charge in [0.15, 0.2) is 5.90 Å². The van der Waals surface area contributed by atoms with E-state index in [0.29, 0.717) is 49.0 Å². The number of carbonyl (C=O) groups is 1. The lowest BCUT2D eigenvalue weighted by Crippen LogP contribution is -2.33. The number of carbonyl (C=O) groups excluding carboxylic acids is 1. The van der Waals surface area contributed by atoms with Gasteiger partial charge in [-0.25, -0.2) is 18.2 Å². The molecule has 1 aromatic carbocycles. The van der Waals surface area contributed by atoms with Crippen molar-refractivity contribution in [2.24, 2.45) is 9.98 Å². The summed E-state index contributed by atoms with van der Waals surface area (Å²) in [5, 5.41) is 6.07. The molecule has 0 radical (unpaired) electrons. The molecule has 2 aliphatic heterocycles. The van der Waals surface area contributed by atoms with Crippen LogP contribution in [0.15, 0.2) is 87.9 Å². The minimum atomic E-state index is -2.65. The van der Waals surface area contributed by atoms with Gasteiger partial charge in [-0.3, -0.25) is 14.8 Å². The van der Waals surface area contributed by atoms with Crippen molar-refractivity contribution in [2.45, 2.75) is 70.3 Å². The number of halogens is 3. The van der Waals surface area contributed by atoms with Crippen LogP contribution in [-0.4, -0.2) is 41.5 Å². The summed E-state index contributed by atoms with van der Waals surface area (Å²) in [5.74, 6) is -2.49. The lowest BCUT2D eigenvalue weighted by atomic mass is 9.83. The number of nitrogens with zero attached hydrogens (tertiary/aromatic N) is 3. The third-order valence-corrected chi connectivity index (χ3v) is 7.71. The molecule has 2 aromatic rings. The van der Waals surface area contributed by atoms with Crippen LogP contribution in [0.2, 0.25) is 0 Å². The van der Waals surface area contributed by atoms with E-state index in [1.165, 1.54) is 19.1 Å². The number of ether oxygens (including phenoxy) is 1. The normalized spacial score (nSPS) is 18.7. The largest absolute Gasteiger partial charge is 0.443 e. The Morgan fingerprint density at radius 1 is 1.16 bits per heavy atom. The Hall–Kier alpha value is -4.05. The smallest absolute Gasteiger partial charge is 0.274 e. The first kappa shape index (κ1) is 30.4. The maximum atomic E-state index is 13.5. The molecule has 10 heteroatoms. The monoisotopic (exact) mass is 591 g/mol. The molecule has 0 fully saturated rings. The average molecular weight is 592 g/mol. The van der Waals surface area contributed by atoms with Crippen LogP contribution >= 0.6 is 0 Å². The van der Waals surface area contributed by atoms with Crippen LogP contribution in [0.25, 0.3) is 0 Å². The first-order chi connectivity index (χ1) is 20.8. The molecular formula is C33H36F3N5O2. The maximum Gasteiger partial charge on any atom is 0.274 e. The predicted octanol–water partition coefficient (Wildman–Crippen LogP) is 6.55. The maximum absolute atomic E-state index is 13.5. The molecule has 1 unspecified atom stereocenters. The van der Waals surface area contributed by atoms with Gasteiger partial charge in [0.05, 0.1) is 0 Å². The first-order valence-electron chi connectivity index (χ1n) is 14.8. The van der Waals surface area contributed by atoms with Crippen LogP contribution in [0.1, 0.15) is 68.9 Å². The number of aromatic nitrogens is 1. The molecule has 1 amide bonds. The molecule has 0 saturated heterocycles. The van der Waals surface area contributed by atoms with E-state index in [-0.39, 0.29) is 37.0 Å². The Balaban J connectivity index is 1.25. The van der Waals surface area contributed by atoms with Gasteiger partial charge in [-0.1, -0.05) is 31.2 Å². The summed E-state index contributed by atoms with van der Waals surface area (Å²) in [4.78, 5) is 26.8. The van der Waals surface area contributed by atoms with Gasteiger partial charge in [0.2, 0.25) is 5.92 Å². The standard InChI is InChI=1S/C33H36F3N5O2/c1-2-33(35,36)12-14-37-18-22-15-25(20-38-19-22)24-9-8-23-5-4-13-39-31(29(23)16-24)32(42)41-27-10-11-30(40-21-27)43-28-7-3-6-26(34)17-28/h3,6-8,15-17,19-21,24,37H,2,4-5,9-14,18H2,1H3,(H,41,42). The molecular weight excluding hydrogens is 555 g/mol. The fraction of sp³-hybridized carbons (Fsp3) is 0.394. The minimum Gasteiger partial charge on any atom is -0.443 e. The zero-order valence-electron chi connectivity index (χ0n) is 24.2. The van der Waals surface area contributed by atoms with Crippen molar-refractivity contribution in [2.75, 3.05) is 13.1 Å². The Bertz CT molecular complexity index is 1490. The highest BCUT2D eigenvalue weighted by molar-refractivity contribution is 6.46. The Morgan fingerprint density at radius 2 is 2.05 bits per heavy atom. The second-order valence-corrected chi connectivity index (χ2v) is 10.9. The molecule has 1 aromatic heterocycles. The number of pyridine rings is 1. The molecule has 0 bridgehead atoms. The van der Waals surface area contributed by atoms with Crippen LogP contribution in [0.5, 0.6) is 5.75 Å². The molecule has 1 aliphatic carbocycles. The van der Waals surface area contributed by atoms with E-state index in [1.807, 2.05) is 12.3 Å². The van der Waals surface area contributed by atoms with Crippen LogP contribution in [-0.2, 0) is 11.3 Å². The van der Waals surface area contributed by atoms with E-state index in [0.717, 1.165) is 41.5 Å². The van der Waals surface area contributed by atoms with Crippen LogP contribution in [0.3, 0.4) is 0 Å². The molecule has 0 spiro atoms. The molecule has 3 aliphatic rings. The van der Waals surface area contributed by atoms with Crippen molar-refractivity contribution < 1.29 is 22.7 Å². The van der Waals surface area contributed by atoms with Crippen LogP contribution < -0.4 is 15.4 Å². The van der Waals surface area contributed by atoms with Gasteiger partial charge in [0, 0.05) is 80.7 Å². The fourth-order valence-corrected chi connectivity index (χ4v) is 5.25. The number of benzene rings is 1. The van der Waals surface area contributed by atoms with Crippen molar-refractivity contribution in [3.8, 4) is 5.75 Å². The zero-order chi connectivity index (χ0) is 30.2. The summed E-state index contributed by atoms with van der Waals surface area (Å²) in [6.07, 6.45) is 12.5. The summed E-state index contributed by atoms with van der Waals surface area (Å²) in [6, 6.07) is 7.92. The highest BCUT2D eigenvalue weighted by Gasteiger charge is 2.28. The van der Waals surface area contributed by atoms with E-state index >= 15 is 0 Å². The van der Waals surface area contributed by atoms with Gasteiger partial charge in [-0.15, -0.1) is 0 Å². The highest BCUT2D eigenvalue weighted by atomic mass is 19.3. The fourth-order valence-electron chi connectivity index (χ4n) is 5.25. The molecule has 0 saturated carbocycles. The molecule has 226 valence electrons. The SMILES string of the molecule is CCC(F)(F)CCNCc1cncc(C2C=C3C(=CC2)CCCN=C3C(=O)NC2=CN=C(Oc3cccc(F)c3)CC2)c1. The van der Waals surface area contributed by atoms with Crippen LogP contribution in [0, 0.1) is 5.82 Å². The van der Waals surface area contributed by atoms with Crippen molar-refractivity contribution in [1.29, 1.82) is 0 Å². The highest BCUT2D eigenvalue weighted by Crippen LogP contribution is 2.34. The number of amides is 1. The van der Waals surface area contributed by atoms with Gasteiger partial charge in [-0.05, 0) is 54.5 Å². The number of aliphatic imine (C=N–C) groups is 2. The molecule has 3 heterocycles. The number of rotatable bonds is 10. The summed E-state index contributed by atoms with van der Waals surface area (Å²) < 4.78 is 46.2. The summed E-state index contributed by atoms with van der Waals surface area (Å²) in [5.41, 5.74) is 4.94. The minimum absolute atomic E-state index is 0.00718. The lowest BCUT2D eigenvalue weighted by Gasteiger charge is -2.23. The van der Waals surface area contributed by atoms with E-state index in [2.05, 4.69) is 37.8 Å². The quantitative estimate of drug-likeness (QED) is 0.307. The second kappa shape index (κ2) is 13.9. The van der Waals surface area contributed by atoms with Gasteiger partial charge < -0.3 is 15.4 Å². The van der Waals surface area contributed by atoms with Gasteiger partial charge in [0.1, 0.15) is 17.3 Å². The van der Waals surface area contributed by atoms with Gasteiger partial charge in [-0.2, -0.15) is 0 Å². The van der Waals surface area contributed by atoms with Crippen LogP contribution in [0.4, 0.5) is 13.2 Å². The number of allylic oxidation sites excluding steroid dienone is 4. The third-order valence-electron chi connectivity index (χ3n) is 7.71. The summed E-state index contributed by atoms with van der Waals surface area (Å²) in [7, 11) is 0. The third kappa shape index (κ3) is 8.28. The number of hydrogen-bond acceptors (Lipinski definition) is 6. The van der Waals surface area contributed by atoms with E-state index in [4.69, 9.17) is 4.74 Å². The zero-order valence-corrected chi connectivity index (χ0v) is 24.2. The van der Waals surface area contributed by atoms with Crippen molar-refractivity contribution >= 4 is 17.5 Å². The number of hydrogen-bond donors (Lipinski definition) is 2. The molecule has 1 atom stereocenters. The lowest BCUT2D eigenvalue weighted by molar-refractivity contribution is -0.114. The predicted molar refractivity (Wildman–Crippen MR) is 161 cm³/mol. The van der Waals surface area contributed by atoms with E-state index < -0.39 is 5.92 Å². The average Bonchev–Trinajstić information content (AvgIpc) is 3.23. The Kier molecular flexibility index (Phi) is 9.86. The molecule has 2 N–H and O–H groups in total. The number of nitrogens with one attached hydrogen (secondary N) is 2. The first-order valence-corrected chi connectivity index (χ1v) is 14.8. The van der Waals surface area contributed by atoms with Crippen molar-refractivity contribution in [3.63, 3.8) is 0 Å². The summed E-state index contributed by atoms with van der Waals surface area (Å²) >= 11 is 0. The van der Waals surface area contributed by atoms with Gasteiger partial charge in [0.25, 0.3) is 5.91 Å².